The Morgan fingerprint density at radius 3 is 1.41 bits per heavy atom. The lowest BCUT2D eigenvalue weighted by molar-refractivity contribution is -0.143. The summed E-state index contributed by atoms with van der Waals surface area (Å²) in [4.78, 5) is 37.7. The maximum absolute atomic E-state index is 13.7. The van der Waals surface area contributed by atoms with E-state index < -0.39 is 47.3 Å². The van der Waals surface area contributed by atoms with Crippen LogP contribution in [-0.2, 0) is 41.1 Å². The van der Waals surface area contributed by atoms with Crippen LogP contribution >= 0.6 is 0 Å². The molecule has 2 atom stereocenters. The molecule has 8 nitrogen and oxygen atoms in total. The van der Waals surface area contributed by atoms with Crippen molar-refractivity contribution in [2.75, 3.05) is 66.0 Å². The van der Waals surface area contributed by atoms with Crippen LogP contribution in [0.5, 0.6) is 0 Å². The van der Waals surface area contributed by atoms with Crippen molar-refractivity contribution in [3.05, 3.63) is 142 Å². The van der Waals surface area contributed by atoms with Crippen molar-refractivity contribution < 1.29 is 49.1 Å². The zero-order valence-electron chi connectivity index (χ0n) is 41.9. The molecule has 0 spiro atoms. The molecule has 0 aromatic heterocycles. The fourth-order valence-electron chi connectivity index (χ4n) is 11.2. The van der Waals surface area contributed by atoms with Crippen molar-refractivity contribution in [1.29, 1.82) is 0 Å². The quantitative estimate of drug-likeness (QED) is 0.135. The summed E-state index contributed by atoms with van der Waals surface area (Å²) in [5.74, 6) is -0.459. The third-order valence-corrected chi connectivity index (χ3v) is 14.9. The molecular formula is C56H69F9N6O2. The largest absolute Gasteiger partial charge is 0.416 e. The summed E-state index contributed by atoms with van der Waals surface area (Å²) >= 11 is 0. The van der Waals surface area contributed by atoms with Crippen molar-refractivity contribution in [3.8, 4) is 0 Å². The Morgan fingerprint density at radius 1 is 0.548 bits per heavy atom. The van der Waals surface area contributed by atoms with Gasteiger partial charge in [0.25, 0.3) is 0 Å². The van der Waals surface area contributed by atoms with Gasteiger partial charge in [0.05, 0.1) is 16.7 Å². The van der Waals surface area contributed by atoms with Crippen LogP contribution in [-0.4, -0.2) is 114 Å². The number of nitrogens with zero attached hydrogens (tertiary/aromatic N) is 5. The van der Waals surface area contributed by atoms with Gasteiger partial charge in [-0.3, -0.25) is 29.2 Å². The second-order valence-electron chi connectivity index (χ2n) is 20.2. The summed E-state index contributed by atoms with van der Waals surface area (Å²) in [5, 5.41) is 3.00. The molecule has 4 aromatic carbocycles. The van der Waals surface area contributed by atoms with E-state index in [4.69, 9.17) is 0 Å². The molecule has 4 fully saturated rings. The summed E-state index contributed by atoms with van der Waals surface area (Å²) in [6, 6.07) is 24.6. The highest BCUT2D eigenvalue weighted by atomic mass is 19.4. The lowest BCUT2D eigenvalue weighted by Crippen LogP contribution is -2.53. The third-order valence-electron chi connectivity index (χ3n) is 14.9. The molecule has 1 N–H and O–H groups in total. The minimum absolute atomic E-state index is 0.0917. The van der Waals surface area contributed by atoms with Crippen LogP contribution in [0, 0.1) is 6.92 Å². The van der Waals surface area contributed by atoms with E-state index in [-0.39, 0.29) is 30.0 Å². The van der Waals surface area contributed by atoms with E-state index in [2.05, 4.69) is 24.9 Å². The van der Waals surface area contributed by atoms with E-state index >= 15 is 0 Å². The molecule has 2 heterocycles. The van der Waals surface area contributed by atoms with Crippen LogP contribution in [0.15, 0.2) is 97.1 Å². The Balaban J connectivity index is 0.000000214. The van der Waals surface area contributed by atoms with Gasteiger partial charge in [-0.15, -0.1) is 0 Å². The summed E-state index contributed by atoms with van der Waals surface area (Å²) in [6.45, 7) is 8.09. The molecule has 2 aliphatic heterocycles. The smallest absolute Gasteiger partial charge is 0.354 e. The highest BCUT2D eigenvalue weighted by Gasteiger charge is 2.39. The maximum Gasteiger partial charge on any atom is 0.416 e. The van der Waals surface area contributed by atoms with Crippen LogP contribution in [0.25, 0.3) is 0 Å². The second kappa shape index (κ2) is 25.0. The Labute approximate surface area is 423 Å². The number of carbonyl (C=O) groups excluding carboxylic acids is 2. The molecule has 0 radical (unpaired) electrons. The molecule has 398 valence electrons. The van der Waals surface area contributed by atoms with E-state index in [1.54, 1.807) is 13.0 Å². The topological polar surface area (TPSA) is 62.4 Å². The number of aryl methyl sites for hydroxylation is 1. The van der Waals surface area contributed by atoms with Crippen LogP contribution < -0.4 is 5.32 Å². The average molecular weight is 1030 g/mol. The number of nitrogens with one attached hydrogen (secondary N) is 1. The first-order chi connectivity index (χ1) is 34.7. The van der Waals surface area contributed by atoms with Crippen LogP contribution in [0.2, 0.25) is 0 Å². The number of halogens is 9. The molecular weight excluding hydrogens is 960 g/mol. The van der Waals surface area contributed by atoms with Gasteiger partial charge in [0.15, 0.2) is 0 Å². The second-order valence-corrected chi connectivity index (χ2v) is 20.2. The van der Waals surface area contributed by atoms with E-state index in [1.165, 1.54) is 82.2 Å². The molecule has 2 saturated carbocycles. The Bertz CT molecular complexity index is 2340. The molecule has 4 aliphatic rings. The average Bonchev–Trinajstić information content (AvgIpc) is 3.37. The molecule has 73 heavy (non-hydrogen) atoms. The first kappa shape index (κ1) is 55.8. The molecule has 8 rings (SSSR count). The van der Waals surface area contributed by atoms with Gasteiger partial charge in [-0.1, -0.05) is 111 Å². The minimum Gasteiger partial charge on any atom is -0.354 e. The van der Waals surface area contributed by atoms with Gasteiger partial charge in [-0.25, -0.2) is 0 Å². The van der Waals surface area contributed by atoms with E-state index in [9.17, 15) is 49.1 Å². The first-order valence-electron chi connectivity index (χ1n) is 25.8. The standard InChI is InChI=1S/C28H33F6N3O.C28H36F3N3O/c1-35(19-20-16-22(27(29,30)31)18-23(17-20)28(32,33)34)26(38)25(21-8-4-2-5-9-21)37-14-12-36(13-15-37)24-10-6-3-7-11-24;1-21-18-22(20-24(19-21)28(29,30)31)12-13-32-27(35)26(23-8-4-2-5-9-23)34-16-14-33(15-17-34)25-10-6-3-7-11-25/h2,4-5,8-9,16-18,24-25H,3,6-7,10-15,19H2,1H3;2,4-5,8-9,18-20,25-26H,3,6-7,10-17H2,1H3,(H,32,35). The summed E-state index contributed by atoms with van der Waals surface area (Å²) in [5.41, 5.74) is -0.798. The van der Waals surface area contributed by atoms with E-state index in [0.29, 0.717) is 61.4 Å². The lowest BCUT2D eigenvalue weighted by atomic mass is 9.93. The molecule has 2 saturated heterocycles. The highest BCUT2D eigenvalue weighted by molar-refractivity contribution is 5.84. The first-order valence-corrected chi connectivity index (χ1v) is 25.8. The minimum atomic E-state index is -4.94. The number of rotatable bonds is 13. The highest BCUT2D eigenvalue weighted by Crippen LogP contribution is 2.38. The van der Waals surface area contributed by atoms with Crippen molar-refractivity contribution >= 4 is 11.8 Å². The lowest BCUT2D eigenvalue weighted by Gasteiger charge is -2.43. The molecule has 17 heteroatoms. The van der Waals surface area contributed by atoms with Gasteiger partial charge in [-0.05, 0) is 91.6 Å². The molecule has 0 bridgehead atoms. The van der Waals surface area contributed by atoms with Gasteiger partial charge in [0, 0.05) is 84.6 Å². The predicted molar refractivity (Wildman–Crippen MR) is 264 cm³/mol. The van der Waals surface area contributed by atoms with Gasteiger partial charge < -0.3 is 10.2 Å². The van der Waals surface area contributed by atoms with Crippen molar-refractivity contribution in [2.45, 2.75) is 127 Å². The summed E-state index contributed by atoms with van der Waals surface area (Å²) in [7, 11) is 1.42. The van der Waals surface area contributed by atoms with Crippen molar-refractivity contribution in [1.82, 2.24) is 29.8 Å². The number of hydrogen-bond acceptors (Lipinski definition) is 6. The number of piperazine rings is 2. The number of alkyl halides is 9. The van der Waals surface area contributed by atoms with Crippen molar-refractivity contribution in [3.63, 3.8) is 0 Å². The van der Waals surface area contributed by atoms with E-state index in [0.717, 1.165) is 56.5 Å². The van der Waals surface area contributed by atoms with E-state index in [1.807, 2.05) is 60.7 Å². The van der Waals surface area contributed by atoms with Crippen LogP contribution in [0.4, 0.5) is 39.5 Å². The third kappa shape index (κ3) is 15.5. The monoisotopic (exact) mass is 1030 g/mol. The number of hydrogen-bond donors (Lipinski definition) is 1. The Hall–Kier alpha value is -4.97. The molecule has 2 unspecified atom stereocenters. The zero-order chi connectivity index (χ0) is 52.3. The number of amides is 2. The van der Waals surface area contributed by atoms with Crippen LogP contribution in [0.3, 0.4) is 0 Å². The van der Waals surface area contributed by atoms with Gasteiger partial charge in [0.2, 0.25) is 11.8 Å². The molecule has 2 aliphatic carbocycles. The Morgan fingerprint density at radius 2 is 0.959 bits per heavy atom. The number of carbonyl (C=O) groups is 2. The molecule has 4 aromatic rings. The zero-order valence-corrected chi connectivity index (χ0v) is 41.9. The number of likely N-dealkylation sites (N-methyl/N-ethyl adjacent to an activating group) is 1. The predicted octanol–water partition coefficient (Wildman–Crippen LogP) is 11.7. The van der Waals surface area contributed by atoms with Gasteiger partial charge in [-0.2, -0.15) is 39.5 Å². The summed E-state index contributed by atoms with van der Waals surface area (Å²) in [6.07, 6.45) is -1.30. The number of benzene rings is 4. The fraction of sp³-hybridized carbons (Fsp3) is 0.536. The summed E-state index contributed by atoms with van der Waals surface area (Å²) < 4.78 is 119. The SMILES string of the molecule is CN(Cc1cc(C(F)(F)F)cc(C(F)(F)F)c1)C(=O)C(c1ccccc1)N1CCN(C2CCCCC2)CC1.Cc1cc(CCNC(=O)C(c2ccccc2)N2CCN(C3CCCCC3)CC2)cc(C(F)(F)F)c1. The Kier molecular flexibility index (Phi) is 19.1. The van der Waals surface area contributed by atoms with Gasteiger partial charge in [0.1, 0.15) is 12.1 Å². The van der Waals surface area contributed by atoms with Crippen molar-refractivity contribution in [2.24, 2.45) is 0 Å². The maximum atomic E-state index is 13.7. The van der Waals surface area contributed by atoms with Gasteiger partial charge >= 0.3 is 18.5 Å². The van der Waals surface area contributed by atoms with Crippen LogP contribution in [0.1, 0.15) is 121 Å². The normalized spacial score (nSPS) is 19.4. The molecule has 2 amide bonds. The fourth-order valence-corrected chi connectivity index (χ4v) is 11.2.